The number of fused-ring (bicyclic) bond motifs is 1. The molecule has 0 spiro atoms. The molecule has 1 fully saturated rings. The Hall–Kier alpha value is -5.85. The number of rotatable bonds is 21. The van der Waals surface area contributed by atoms with Crippen molar-refractivity contribution in [2.24, 2.45) is 5.92 Å². The Morgan fingerprint density at radius 1 is 0.828 bits per heavy atom. The summed E-state index contributed by atoms with van der Waals surface area (Å²) >= 11 is 0. The lowest BCUT2D eigenvalue weighted by molar-refractivity contribution is -0.123. The van der Waals surface area contributed by atoms with Crippen LogP contribution in [0.4, 0.5) is 0 Å². The van der Waals surface area contributed by atoms with Crippen molar-refractivity contribution in [3.8, 4) is 28.7 Å². The normalized spacial score (nSPS) is 15.6. The van der Waals surface area contributed by atoms with Crippen LogP contribution in [0.3, 0.4) is 0 Å². The molecular weight excluding hydrogens is 807 g/mol. The molecule has 338 valence electrons. The predicted octanol–water partition coefficient (Wildman–Crippen LogP) is 7.95. The number of phenolic OH excluding ortho intramolecular Hbond substituents is 3. The Morgan fingerprint density at radius 2 is 1.61 bits per heavy atom. The summed E-state index contributed by atoms with van der Waals surface area (Å²) in [5, 5.41) is 63.8. The molecule has 1 aliphatic carbocycles. The molecule has 0 saturated heterocycles. The van der Waals surface area contributed by atoms with Gasteiger partial charge in [-0.15, -0.1) is 0 Å². The van der Waals surface area contributed by atoms with E-state index < -0.39 is 24.0 Å². The number of methoxy groups -OCH3 is 1. The topological polar surface area (TPSA) is 175 Å². The fourth-order valence-corrected chi connectivity index (χ4v) is 9.59. The number of aromatic nitrogens is 1. The van der Waals surface area contributed by atoms with Crippen molar-refractivity contribution in [2.45, 2.75) is 94.8 Å². The van der Waals surface area contributed by atoms with Crippen LogP contribution in [0.5, 0.6) is 28.7 Å². The third-order valence-electron chi connectivity index (χ3n) is 13.0. The Kier molecular flexibility index (Phi) is 15.3. The van der Waals surface area contributed by atoms with Gasteiger partial charge in [0.25, 0.3) is 0 Å². The van der Waals surface area contributed by atoms with Crippen LogP contribution in [0.2, 0.25) is 0 Å². The molecule has 0 bridgehead atoms. The maximum Gasteiger partial charge on any atom is 0.164 e. The van der Waals surface area contributed by atoms with Crippen LogP contribution < -0.4 is 25.1 Å². The van der Waals surface area contributed by atoms with Gasteiger partial charge in [0.1, 0.15) is 18.3 Å². The molecule has 0 amide bonds. The molecule has 4 atom stereocenters. The van der Waals surface area contributed by atoms with Gasteiger partial charge in [0, 0.05) is 36.4 Å². The predicted molar refractivity (Wildman–Crippen MR) is 249 cm³/mol. The first-order valence-electron chi connectivity index (χ1n) is 22.4. The Morgan fingerprint density at radius 3 is 2.36 bits per heavy atom. The lowest BCUT2D eigenvalue weighted by atomic mass is 9.75. The van der Waals surface area contributed by atoms with E-state index in [9.17, 15) is 25.5 Å². The summed E-state index contributed by atoms with van der Waals surface area (Å²) in [6.45, 7) is 2.02. The number of hydrogen-bond donors (Lipinski definition) is 7. The lowest BCUT2D eigenvalue weighted by Crippen LogP contribution is -2.41. The van der Waals surface area contributed by atoms with Crippen molar-refractivity contribution in [3.05, 3.63) is 148 Å². The first kappa shape index (κ1) is 46.2. The lowest BCUT2D eigenvalue weighted by Gasteiger charge is -2.38. The van der Waals surface area contributed by atoms with Gasteiger partial charge in [0.15, 0.2) is 23.0 Å². The molecule has 0 aliphatic heterocycles. The van der Waals surface area contributed by atoms with Crippen molar-refractivity contribution in [1.82, 2.24) is 15.6 Å². The Labute approximate surface area is 376 Å². The summed E-state index contributed by atoms with van der Waals surface area (Å²) in [6.07, 6.45) is 8.17. The molecule has 11 nitrogen and oxygen atoms in total. The Bertz CT molecular complexity index is 2470. The molecule has 64 heavy (non-hydrogen) atoms. The third-order valence-corrected chi connectivity index (χ3v) is 13.0. The zero-order valence-corrected chi connectivity index (χ0v) is 37.1. The van der Waals surface area contributed by atoms with E-state index in [0.29, 0.717) is 37.1 Å². The van der Waals surface area contributed by atoms with E-state index in [1.165, 1.54) is 6.07 Å². The van der Waals surface area contributed by atoms with E-state index in [1.807, 2.05) is 43.4 Å². The number of benzene rings is 5. The van der Waals surface area contributed by atoms with Crippen LogP contribution in [0, 0.1) is 5.92 Å². The molecule has 0 radical (unpaired) electrons. The number of aliphatic hydroxyl groups excluding tert-OH is 2. The number of ketones is 1. The highest BCUT2D eigenvalue weighted by Crippen LogP contribution is 2.42. The number of nitrogens with one attached hydrogen (secondary N) is 2. The molecule has 7 rings (SSSR count). The molecule has 5 aromatic carbocycles. The number of aliphatic hydroxyl groups is 2. The molecule has 4 unspecified atom stereocenters. The summed E-state index contributed by atoms with van der Waals surface area (Å²) < 4.78 is 11.7. The van der Waals surface area contributed by atoms with Gasteiger partial charge in [0.05, 0.1) is 19.3 Å². The molecule has 6 aromatic rings. The monoisotopic (exact) mass is 868 g/mol. The summed E-state index contributed by atoms with van der Waals surface area (Å²) in [5.41, 5.74) is 5.61. The van der Waals surface area contributed by atoms with Gasteiger partial charge in [-0.25, -0.2) is 0 Å². The summed E-state index contributed by atoms with van der Waals surface area (Å²) in [6, 6.07) is 30.2. The number of carbonyl (C=O) groups is 1. The van der Waals surface area contributed by atoms with Gasteiger partial charge >= 0.3 is 0 Å². The van der Waals surface area contributed by atoms with E-state index >= 15 is 4.79 Å². The smallest absolute Gasteiger partial charge is 0.164 e. The van der Waals surface area contributed by atoms with Gasteiger partial charge in [-0.2, -0.15) is 12.4 Å². The third kappa shape index (κ3) is 11.1. The van der Waals surface area contributed by atoms with Crippen LogP contribution in [0.25, 0.3) is 10.8 Å². The number of hydrogen-bond acceptors (Lipinski definition) is 10. The van der Waals surface area contributed by atoms with Crippen molar-refractivity contribution >= 4 is 16.6 Å². The molecule has 1 saturated carbocycles. The van der Waals surface area contributed by atoms with E-state index in [1.54, 1.807) is 56.8 Å². The molecule has 1 heterocycles. The van der Waals surface area contributed by atoms with Gasteiger partial charge in [-0.1, -0.05) is 91.6 Å². The highest BCUT2D eigenvalue weighted by Gasteiger charge is 2.35. The van der Waals surface area contributed by atoms with Crippen molar-refractivity contribution < 1.29 is 39.8 Å². The second-order valence-electron chi connectivity index (χ2n) is 17.5. The van der Waals surface area contributed by atoms with Gasteiger partial charge < -0.3 is 45.3 Å². The Balaban J connectivity index is 1.23. The van der Waals surface area contributed by atoms with Crippen molar-refractivity contribution in [1.29, 1.82) is 0 Å². The standard InChI is InChI=1S/C53H62N3O8/c1-34(57)31-56-33-64-51-24-35(14-16-47(51)59)23-45(40-26-42(29-43(58)27-40)53(54-2)19-7-4-8-20-53)50(62)30-49(61)41(22-36-18-21-55-32-36)25-39-15-17-48(60)52(63-3)46(39)28-38-12-9-11-37-10-5-6-13-44(37)38/h5-6,9-18,21,24,26-27,29,32,34,41,45,49,54,56-61H,4,7-8,19-20,22-23,25,28,30-31,33H2,1-3H3/q-1. The molecule has 1 aliphatic rings. The zero-order valence-electron chi connectivity index (χ0n) is 37.1. The van der Waals surface area contributed by atoms with E-state index in [-0.39, 0.29) is 53.9 Å². The average Bonchev–Trinajstić information content (AvgIpc) is 3.82. The first-order valence-corrected chi connectivity index (χ1v) is 22.4. The van der Waals surface area contributed by atoms with E-state index in [2.05, 4.69) is 39.9 Å². The first-order chi connectivity index (χ1) is 31.0. The highest BCUT2D eigenvalue weighted by molar-refractivity contribution is 5.87. The molecule has 7 N–H and O–H groups in total. The fourth-order valence-electron chi connectivity index (χ4n) is 9.59. The SMILES string of the molecule is CNC1(c2cc(O)cc(C(Cc3ccc(O)c(OCNCC(C)O)c3)C(=O)CC(O)C(Cc3cc[n-]c3)Cc3ccc(O)c(OC)c3Cc3cccc4ccccc34)c2)CCCCC1. The minimum absolute atomic E-state index is 0.0226. The van der Waals surface area contributed by atoms with Crippen LogP contribution in [0.1, 0.15) is 90.3 Å². The minimum atomic E-state index is -1.09. The van der Waals surface area contributed by atoms with E-state index in [0.717, 1.165) is 76.3 Å². The van der Waals surface area contributed by atoms with Crippen molar-refractivity contribution in [2.75, 3.05) is 27.4 Å². The number of nitrogens with zero attached hydrogens (tertiary/aromatic N) is 1. The largest absolute Gasteiger partial charge is 0.670 e. The van der Waals surface area contributed by atoms with Gasteiger partial charge in [-0.05, 0) is 121 Å². The minimum Gasteiger partial charge on any atom is -0.670 e. The second-order valence-corrected chi connectivity index (χ2v) is 17.5. The van der Waals surface area contributed by atoms with E-state index in [4.69, 9.17) is 9.47 Å². The number of Topliss-reactive ketones (excluding diaryl/α,β-unsaturated/α-hetero) is 1. The number of ether oxygens (including phenoxy) is 2. The van der Waals surface area contributed by atoms with Crippen LogP contribution in [-0.4, -0.2) is 71.0 Å². The van der Waals surface area contributed by atoms with Crippen LogP contribution in [-0.2, 0) is 36.0 Å². The molecule has 11 heteroatoms. The maximum absolute atomic E-state index is 15.0. The fraction of sp³-hybridized carbons (Fsp3) is 0.377. The summed E-state index contributed by atoms with van der Waals surface area (Å²) in [7, 11) is 3.49. The quantitative estimate of drug-likeness (QED) is 0.0276. The van der Waals surface area contributed by atoms with Crippen molar-refractivity contribution in [3.63, 3.8) is 0 Å². The van der Waals surface area contributed by atoms with Gasteiger partial charge in [-0.3, -0.25) is 10.1 Å². The van der Waals surface area contributed by atoms with Gasteiger partial charge in [0.2, 0.25) is 0 Å². The van der Waals surface area contributed by atoms with Crippen LogP contribution >= 0.6 is 0 Å². The molecular formula is C53H62N3O8-. The summed E-state index contributed by atoms with van der Waals surface area (Å²) in [5.74, 6) is -0.803. The summed E-state index contributed by atoms with van der Waals surface area (Å²) in [4.78, 5) is 19.3. The second kappa shape index (κ2) is 21.2. The molecule has 1 aromatic heterocycles. The zero-order chi connectivity index (χ0) is 45.2. The number of phenols is 3. The average molecular weight is 869 g/mol. The van der Waals surface area contributed by atoms with Crippen LogP contribution in [0.15, 0.2) is 109 Å². The number of aromatic hydroxyl groups is 3. The number of carbonyl (C=O) groups excluding carboxylic acids is 1. The maximum atomic E-state index is 15.0. The highest BCUT2D eigenvalue weighted by atomic mass is 16.5.